The Balaban J connectivity index is 1.33. The number of thiazole rings is 1. The van der Waals surface area contributed by atoms with Crippen LogP contribution in [0.1, 0.15) is 47.7 Å². The largest absolute Gasteiger partial charge is 0.477 e. The Morgan fingerprint density at radius 3 is 2.81 bits per heavy atom. The minimum absolute atomic E-state index is 0.285. The molecule has 0 radical (unpaired) electrons. The Labute approximate surface area is 213 Å². The van der Waals surface area contributed by atoms with Crippen LogP contribution in [0.25, 0.3) is 10.6 Å². The second-order valence-electron chi connectivity index (χ2n) is 8.70. The number of likely N-dealkylation sites (tertiary alicyclic amines) is 1. The summed E-state index contributed by atoms with van der Waals surface area (Å²) in [6.07, 6.45) is 8.75. The van der Waals surface area contributed by atoms with Crippen LogP contribution in [0, 0.1) is 0 Å². The molecule has 190 valence electrons. The van der Waals surface area contributed by atoms with Crippen molar-refractivity contribution in [2.24, 2.45) is 0 Å². The molecule has 3 aromatic rings. The Morgan fingerprint density at radius 1 is 1.25 bits per heavy atom. The van der Waals surface area contributed by atoms with Crippen molar-refractivity contribution in [1.29, 1.82) is 0 Å². The van der Waals surface area contributed by atoms with Gasteiger partial charge in [0.15, 0.2) is 5.01 Å². The van der Waals surface area contributed by atoms with E-state index in [1.54, 1.807) is 30.7 Å². The van der Waals surface area contributed by atoms with Gasteiger partial charge in [0.1, 0.15) is 5.69 Å². The molecule has 2 aliphatic rings. The average Bonchev–Trinajstić information content (AvgIpc) is 3.59. The first-order valence-electron chi connectivity index (χ1n) is 11.8. The number of nitrogens with one attached hydrogen (secondary N) is 2. The standard InChI is InChI=1S/C23H27N7O4S2/c1-2-34-21-13-24-11-18(27-21)20-12-26-23(35-20)22(31)28-19(14-30-8-3-9-30)17-10-15(6-7-25-17)29-36(32,33)16-4-5-16/h6-7,10-13,16,19H,2-5,8-9,14H2,1H3,(H,25,29)(H,28,31)/t19-/m1/s1. The number of hydrogen-bond acceptors (Lipinski definition) is 10. The van der Waals surface area contributed by atoms with Crippen molar-refractivity contribution in [2.75, 3.05) is 31.0 Å². The first-order valence-corrected chi connectivity index (χ1v) is 14.2. The molecule has 2 fully saturated rings. The molecule has 2 N–H and O–H groups in total. The fourth-order valence-electron chi connectivity index (χ4n) is 3.77. The number of ether oxygens (including phenoxy) is 1. The molecule has 0 bridgehead atoms. The van der Waals surface area contributed by atoms with Crippen molar-refractivity contribution in [2.45, 2.75) is 37.5 Å². The Kier molecular flexibility index (Phi) is 7.12. The van der Waals surface area contributed by atoms with Crippen LogP contribution in [-0.2, 0) is 10.0 Å². The molecular weight excluding hydrogens is 502 g/mol. The lowest BCUT2D eigenvalue weighted by atomic mass is 10.1. The fourth-order valence-corrected chi connectivity index (χ4v) is 5.92. The third-order valence-corrected chi connectivity index (χ3v) is 8.80. The minimum atomic E-state index is -3.40. The van der Waals surface area contributed by atoms with Gasteiger partial charge in [-0.3, -0.25) is 19.5 Å². The molecule has 1 aliphatic heterocycles. The van der Waals surface area contributed by atoms with Crippen molar-refractivity contribution < 1.29 is 17.9 Å². The van der Waals surface area contributed by atoms with E-state index in [-0.39, 0.29) is 16.2 Å². The van der Waals surface area contributed by atoms with Gasteiger partial charge in [0.25, 0.3) is 5.91 Å². The zero-order valence-electron chi connectivity index (χ0n) is 19.8. The van der Waals surface area contributed by atoms with Crippen LogP contribution >= 0.6 is 11.3 Å². The van der Waals surface area contributed by atoms with E-state index in [1.807, 2.05) is 6.92 Å². The monoisotopic (exact) mass is 529 g/mol. The average molecular weight is 530 g/mol. The summed E-state index contributed by atoms with van der Waals surface area (Å²) in [5, 5.41) is 2.99. The molecule has 0 aromatic carbocycles. The SMILES string of the molecule is CCOc1cncc(-c2cnc(C(=O)N[C@H](CN3CCC3)c3cc(NS(=O)(=O)C4CC4)ccn3)s2)n1. The number of sulfonamides is 1. The summed E-state index contributed by atoms with van der Waals surface area (Å²) >= 11 is 1.21. The van der Waals surface area contributed by atoms with Gasteiger partial charge in [0.05, 0.1) is 46.6 Å². The van der Waals surface area contributed by atoms with Gasteiger partial charge in [0.2, 0.25) is 15.9 Å². The van der Waals surface area contributed by atoms with E-state index in [0.717, 1.165) is 19.5 Å². The van der Waals surface area contributed by atoms with Crippen molar-refractivity contribution in [1.82, 2.24) is 30.2 Å². The lowest BCUT2D eigenvalue weighted by Gasteiger charge is -2.34. The number of pyridine rings is 1. The quantitative estimate of drug-likeness (QED) is 0.383. The molecule has 1 saturated heterocycles. The molecule has 5 rings (SSSR count). The third kappa shape index (κ3) is 5.79. The molecule has 36 heavy (non-hydrogen) atoms. The summed E-state index contributed by atoms with van der Waals surface area (Å²) in [6.45, 7) is 4.79. The van der Waals surface area contributed by atoms with E-state index in [9.17, 15) is 13.2 Å². The molecule has 1 atom stereocenters. The van der Waals surface area contributed by atoms with Crippen LogP contribution in [0.2, 0.25) is 0 Å². The highest BCUT2D eigenvalue weighted by Crippen LogP contribution is 2.30. The molecular formula is C23H27N7O4S2. The molecule has 0 unspecified atom stereocenters. The summed E-state index contributed by atoms with van der Waals surface area (Å²) in [5.41, 5.74) is 1.60. The summed E-state index contributed by atoms with van der Waals surface area (Å²) in [5.74, 6) is 0.0729. The molecule has 1 aliphatic carbocycles. The van der Waals surface area contributed by atoms with Crippen molar-refractivity contribution in [3.63, 3.8) is 0 Å². The zero-order valence-corrected chi connectivity index (χ0v) is 21.4. The van der Waals surface area contributed by atoms with Gasteiger partial charge >= 0.3 is 0 Å². The van der Waals surface area contributed by atoms with E-state index < -0.39 is 16.1 Å². The molecule has 1 amide bonds. The Bertz CT molecular complexity index is 1340. The number of rotatable bonds is 11. The number of aromatic nitrogens is 4. The van der Waals surface area contributed by atoms with Crippen LogP contribution < -0.4 is 14.8 Å². The first-order chi connectivity index (χ1) is 17.4. The summed E-state index contributed by atoms with van der Waals surface area (Å²) in [6, 6.07) is 2.88. The maximum absolute atomic E-state index is 13.2. The number of nitrogens with zero attached hydrogens (tertiary/aromatic N) is 5. The zero-order chi connectivity index (χ0) is 25.1. The Morgan fingerprint density at radius 2 is 2.08 bits per heavy atom. The van der Waals surface area contributed by atoms with Crippen LogP contribution in [-0.4, -0.2) is 70.7 Å². The van der Waals surface area contributed by atoms with Crippen molar-refractivity contribution in [3.8, 4) is 16.5 Å². The van der Waals surface area contributed by atoms with E-state index in [0.29, 0.717) is 53.8 Å². The van der Waals surface area contributed by atoms with Crippen LogP contribution in [0.4, 0.5) is 5.69 Å². The van der Waals surface area contributed by atoms with E-state index in [4.69, 9.17) is 4.74 Å². The third-order valence-electron chi connectivity index (χ3n) is 5.91. The lowest BCUT2D eigenvalue weighted by Crippen LogP contribution is -2.44. The van der Waals surface area contributed by atoms with E-state index in [2.05, 4.69) is 34.9 Å². The minimum Gasteiger partial charge on any atom is -0.477 e. The number of carbonyl (C=O) groups excluding carboxylic acids is 1. The molecule has 0 spiro atoms. The van der Waals surface area contributed by atoms with E-state index in [1.165, 1.54) is 17.5 Å². The van der Waals surface area contributed by atoms with Crippen LogP contribution in [0.5, 0.6) is 5.88 Å². The Hall–Kier alpha value is -3.16. The van der Waals surface area contributed by atoms with Crippen LogP contribution in [0.15, 0.2) is 36.9 Å². The molecule has 1 saturated carbocycles. The van der Waals surface area contributed by atoms with Gasteiger partial charge in [-0.2, -0.15) is 0 Å². The topological polar surface area (TPSA) is 139 Å². The summed E-state index contributed by atoms with van der Waals surface area (Å²) in [4.78, 5) is 33.4. The van der Waals surface area contributed by atoms with Crippen molar-refractivity contribution in [3.05, 3.63) is 47.6 Å². The number of hydrogen-bond donors (Lipinski definition) is 2. The van der Waals surface area contributed by atoms with Gasteiger partial charge in [0, 0.05) is 18.9 Å². The van der Waals surface area contributed by atoms with Gasteiger partial charge in [-0.15, -0.1) is 11.3 Å². The molecule has 11 nitrogen and oxygen atoms in total. The predicted molar refractivity (Wildman–Crippen MR) is 135 cm³/mol. The van der Waals surface area contributed by atoms with Crippen molar-refractivity contribution >= 4 is 33.0 Å². The van der Waals surface area contributed by atoms with Gasteiger partial charge in [-0.05, 0) is 51.4 Å². The lowest BCUT2D eigenvalue weighted by molar-refractivity contribution is 0.0905. The normalized spacial score (nSPS) is 16.7. The molecule has 13 heteroatoms. The summed E-state index contributed by atoms with van der Waals surface area (Å²) in [7, 11) is -3.40. The molecule has 4 heterocycles. The van der Waals surface area contributed by atoms with Crippen LogP contribution in [0.3, 0.4) is 0 Å². The molecule has 3 aromatic heterocycles. The highest BCUT2D eigenvalue weighted by Gasteiger charge is 2.36. The number of anilines is 1. The second-order valence-corrected chi connectivity index (χ2v) is 11.7. The second kappa shape index (κ2) is 10.4. The van der Waals surface area contributed by atoms with Gasteiger partial charge in [-0.25, -0.2) is 18.4 Å². The maximum Gasteiger partial charge on any atom is 0.280 e. The number of amides is 1. The van der Waals surface area contributed by atoms with E-state index >= 15 is 0 Å². The highest BCUT2D eigenvalue weighted by molar-refractivity contribution is 7.93. The summed E-state index contributed by atoms with van der Waals surface area (Å²) < 4.78 is 32.8. The predicted octanol–water partition coefficient (Wildman–Crippen LogP) is 2.47. The van der Waals surface area contributed by atoms with Gasteiger partial charge in [-0.1, -0.05) is 0 Å². The highest BCUT2D eigenvalue weighted by atomic mass is 32.2. The van der Waals surface area contributed by atoms with Gasteiger partial charge < -0.3 is 15.0 Å². The maximum atomic E-state index is 13.2. The smallest absolute Gasteiger partial charge is 0.280 e. The first kappa shape index (κ1) is 24.5. The fraction of sp³-hybridized carbons (Fsp3) is 0.435. The number of carbonyl (C=O) groups is 1.